The van der Waals surface area contributed by atoms with Gasteiger partial charge in [-0.3, -0.25) is 0 Å². The number of benzene rings is 5. The molecule has 0 spiro atoms. The topological polar surface area (TPSA) is 20.8 Å². The average Bonchev–Trinajstić information content (AvgIpc) is 3.58. The maximum atomic E-state index is 5.72. The average molecular weight is 627 g/mol. The molecule has 3 heterocycles. The molecule has 0 aliphatic carbocycles. The highest BCUT2D eigenvalue weighted by atomic mass is 16.5. The summed E-state index contributed by atoms with van der Waals surface area (Å²) in [6.45, 7) is 5.50. The van der Waals surface area contributed by atoms with Crippen molar-refractivity contribution in [3.8, 4) is 5.69 Å². The van der Waals surface area contributed by atoms with E-state index in [4.69, 9.17) is 4.74 Å². The van der Waals surface area contributed by atoms with E-state index in [0.29, 0.717) is 0 Å². The molecule has 0 amide bonds. The molecule has 1 aliphatic rings. The van der Waals surface area contributed by atoms with E-state index in [9.17, 15) is 0 Å². The van der Waals surface area contributed by atoms with Gasteiger partial charge in [0.15, 0.2) is 5.52 Å². The second kappa shape index (κ2) is 13.3. The number of imidazole rings is 1. The fraction of sp³-hybridized carbons (Fsp3) is 0.159. The van der Waals surface area contributed by atoms with E-state index in [1.807, 2.05) is 0 Å². The minimum atomic E-state index is 0.0301. The second-order valence-corrected chi connectivity index (χ2v) is 12.7. The Hall–Kier alpha value is -5.45. The van der Waals surface area contributed by atoms with Gasteiger partial charge in [0.25, 0.3) is 6.33 Å². The van der Waals surface area contributed by atoms with Crippen molar-refractivity contribution in [2.75, 3.05) is 31.2 Å². The zero-order valence-corrected chi connectivity index (χ0v) is 27.3. The van der Waals surface area contributed by atoms with Crippen molar-refractivity contribution in [1.29, 1.82) is 0 Å². The predicted octanol–water partition coefficient (Wildman–Crippen LogP) is 8.72. The van der Waals surface area contributed by atoms with Crippen LogP contribution >= 0.6 is 0 Å². The number of hydrogen-bond donors (Lipinski definition) is 0. The fourth-order valence-electron chi connectivity index (χ4n) is 7.49. The molecule has 8 rings (SSSR count). The first-order valence-electron chi connectivity index (χ1n) is 16.9. The lowest BCUT2D eigenvalue weighted by Gasteiger charge is -2.27. The zero-order chi connectivity index (χ0) is 32.3. The maximum Gasteiger partial charge on any atom is 0.255 e. The highest BCUT2D eigenvalue weighted by Crippen LogP contribution is 2.41. The van der Waals surface area contributed by atoms with E-state index in [1.54, 1.807) is 0 Å². The van der Waals surface area contributed by atoms with Gasteiger partial charge in [0, 0.05) is 42.1 Å². The number of fused-ring (bicyclic) bond motifs is 1. The summed E-state index contributed by atoms with van der Waals surface area (Å²) < 4.78 is 10.5. The van der Waals surface area contributed by atoms with Crippen LogP contribution in [0.1, 0.15) is 50.8 Å². The number of morpholine rings is 1. The zero-order valence-electron chi connectivity index (χ0n) is 27.3. The van der Waals surface area contributed by atoms with Gasteiger partial charge >= 0.3 is 0 Å². The molecule has 0 atom stereocenters. The third-order valence-electron chi connectivity index (χ3n) is 9.61. The SMILES string of the molecule is Cc1cc(C(c2ccccc2)c2ccccc2)c(-[n+]2cc3cccc(N4CCOCC4)n3c2)c(C(c2ccccc2)c2ccccc2)c1. The van der Waals surface area contributed by atoms with Crippen molar-refractivity contribution >= 4 is 11.3 Å². The molecule has 2 aromatic heterocycles. The first kappa shape index (κ1) is 29.9. The molecule has 236 valence electrons. The van der Waals surface area contributed by atoms with Crippen molar-refractivity contribution in [2.24, 2.45) is 0 Å². The summed E-state index contributed by atoms with van der Waals surface area (Å²) in [6, 6.07) is 55.3. The van der Waals surface area contributed by atoms with Crippen LogP contribution < -0.4 is 9.47 Å². The largest absolute Gasteiger partial charge is 0.378 e. The van der Waals surface area contributed by atoms with E-state index < -0.39 is 0 Å². The Bertz CT molecular complexity index is 1940. The Morgan fingerprint density at radius 1 is 0.562 bits per heavy atom. The summed E-state index contributed by atoms with van der Waals surface area (Å²) >= 11 is 0. The molecular weight excluding hydrogens is 587 g/mol. The summed E-state index contributed by atoms with van der Waals surface area (Å²) in [5.74, 6) is 1.25. The number of ether oxygens (including phenoxy) is 1. The lowest BCUT2D eigenvalue weighted by molar-refractivity contribution is -0.595. The molecule has 1 saturated heterocycles. The Labute approximate surface area is 283 Å². The van der Waals surface area contributed by atoms with Crippen LogP contribution in [0.15, 0.2) is 164 Å². The third kappa shape index (κ3) is 5.80. The lowest BCUT2D eigenvalue weighted by Crippen LogP contribution is -2.37. The first-order chi connectivity index (χ1) is 23.7. The van der Waals surface area contributed by atoms with E-state index in [2.05, 4.69) is 185 Å². The van der Waals surface area contributed by atoms with Crippen molar-refractivity contribution < 1.29 is 9.30 Å². The van der Waals surface area contributed by atoms with Crippen LogP contribution in [0.25, 0.3) is 11.2 Å². The summed E-state index contributed by atoms with van der Waals surface area (Å²) in [6.07, 6.45) is 4.60. The van der Waals surface area contributed by atoms with Gasteiger partial charge in [0.1, 0.15) is 11.9 Å². The molecule has 0 radical (unpaired) electrons. The van der Waals surface area contributed by atoms with Gasteiger partial charge < -0.3 is 9.64 Å². The monoisotopic (exact) mass is 626 g/mol. The van der Waals surface area contributed by atoms with Gasteiger partial charge in [0.2, 0.25) is 5.82 Å². The van der Waals surface area contributed by atoms with Crippen LogP contribution in [0.4, 0.5) is 5.82 Å². The van der Waals surface area contributed by atoms with Crippen molar-refractivity contribution in [1.82, 2.24) is 4.40 Å². The van der Waals surface area contributed by atoms with Gasteiger partial charge in [-0.2, -0.15) is 4.40 Å². The minimum absolute atomic E-state index is 0.0301. The van der Waals surface area contributed by atoms with E-state index in [0.717, 1.165) is 31.8 Å². The molecule has 0 bridgehead atoms. The number of pyridine rings is 1. The van der Waals surface area contributed by atoms with Crippen molar-refractivity contribution in [2.45, 2.75) is 18.8 Å². The van der Waals surface area contributed by atoms with Crippen molar-refractivity contribution in [3.63, 3.8) is 0 Å². The van der Waals surface area contributed by atoms with Crippen LogP contribution in [0, 0.1) is 6.92 Å². The molecule has 0 N–H and O–H groups in total. The first-order valence-corrected chi connectivity index (χ1v) is 16.9. The molecule has 1 aliphatic heterocycles. The smallest absolute Gasteiger partial charge is 0.255 e. The molecular formula is C44H40N3O+. The van der Waals surface area contributed by atoms with Crippen LogP contribution in [-0.4, -0.2) is 30.7 Å². The Kier molecular flexibility index (Phi) is 8.32. The lowest BCUT2D eigenvalue weighted by atomic mass is 9.78. The quantitative estimate of drug-likeness (QED) is 0.124. The third-order valence-corrected chi connectivity index (χ3v) is 9.61. The van der Waals surface area contributed by atoms with E-state index in [1.165, 1.54) is 50.4 Å². The van der Waals surface area contributed by atoms with Crippen molar-refractivity contribution in [3.05, 3.63) is 203 Å². The number of anilines is 1. The Balaban J connectivity index is 1.45. The molecule has 4 nitrogen and oxygen atoms in total. The Morgan fingerprint density at radius 2 is 1.02 bits per heavy atom. The molecule has 0 saturated carbocycles. The summed E-state index contributed by atoms with van der Waals surface area (Å²) in [5, 5.41) is 0. The summed E-state index contributed by atoms with van der Waals surface area (Å²) in [7, 11) is 0. The molecule has 1 fully saturated rings. The van der Waals surface area contributed by atoms with Crippen LogP contribution in [-0.2, 0) is 4.74 Å². The molecule has 4 heteroatoms. The second-order valence-electron chi connectivity index (χ2n) is 12.7. The number of aromatic nitrogens is 2. The van der Waals surface area contributed by atoms with Crippen LogP contribution in [0.2, 0.25) is 0 Å². The van der Waals surface area contributed by atoms with Gasteiger partial charge in [-0.25, -0.2) is 4.57 Å². The van der Waals surface area contributed by atoms with Gasteiger partial charge in [-0.1, -0.05) is 145 Å². The predicted molar refractivity (Wildman–Crippen MR) is 194 cm³/mol. The van der Waals surface area contributed by atoms with Crippen LogP contribution in [0.3, 0.4) is 0 Å². The fourth-order valence-corrected chi connectivity index (χ4v) is 7.49. The van der Waals surface area contributed by atoms with Gasteiger partial charge in [0.05, 0.1) is 13.2 Å². The number of aryl methyl sites for hydroxylation is 1. The number of hydrogen-bond acceptors (Lipinski definition) is 2. The number of nitrogens with zero attached hydrogens (tertiary/aromatic N) is 3. The summed E-state index contributed by atoms with van der Waals surface area (Å²) in [5.41, 5.74) is 11.3. The maximum absolute atomic E-state index is 5.72. The molecule has 48 heavy (non-hydrogen) atoms. The minimum Gasteiger partial charge on any atom is -0.378 e. The molecule has 5 aromatic carbocycles. The molecule has 0 unspecified atom stereocenters. The highest BCUT2D eigenvalue weighted by Gasteiger charge is 2.31. The highest BCUT2D eigenvalue weighted by molar-refractivity contribution is 5.60. The Morgan fingerprint density at radius 3 is 1.48 bits per heavy atom. The molecule has 7 aromatic rings. The van der Waals surface area contributed by atoms with Crippen LogP contribution in [0.5, 0.6) is 0 Å². The normalized spacial score (nSPS) is 13.4. The summed E-state index contributed by atoms with van der Waals surface area (Å²) in [4.78, 5) is 2.44. The van der Waals surface area contributed by atoms with E-state index in [-0.39, 0.29) is 11.8 Å². The van der Waals surface area contributed by atoms with E-state index >= 15 is 0 Å². The standard InChI is InChI=1S/C44H40N3O/c1-33-29-39(42(34-15-6-2-7-16-34)35-17-8-3-9-18-35)44(40(30-33)43(36-19-10-4-11-20-36)37-21-12-5-13-22-37)46-31-38-23-14-24-41(47(38)32-46)45-25-27-48-28-26-45/h2-24,29-32,42-43H,25-28H2,1H3/q+1. The van der Waals surface area contributed by atoms with Gasteiger partial charge in [-0.15, -0.1) is 0 Å². The number of rotatable bonds is 8. The van der Waals surface area contributed by atoms with Gasteiger partial charge in [-0.05, 0) is 35.2 Å².